The van der Waals surface area contributed by atoms with Crippen LogP contribution in [-0.2, 0) is 0 Å². The first kappa shape index (κ1) is 17.9. The van der Waals surface area contributed by atoms with Crippen LogP contribution in [-0.4, -0.2) is 30.5 Å². The van der Waals surface area contributed by atoms with E-state index in [0.29, 0.717) is 27.5 Å². The van der Waals surface area contributed by atoms with E-state index in [1.165, 1.54) is 32.1 Å². The number of fused-ring (bicyclic) bond motifs is 3. The summed E-state index contributed by atoms with van der Waals surface area (Å²) in [5, 5.41) is 22.4. The molecular formula is C22H24N4OS. The lowest BCUT2D eigenvalue weighted by Crippen LogP contribution is -2.31. The van der Waals surface area contributed by atoms with Gasteiger partial charge in [0.15, 0.2) is 5.82 Å². The number of rotatable bonds is 3. The van der Waals surface area contributed by atoms with Crippen LogP contribution < -0.4 is 0 Å². The van der Waals surface area contributed by atoms with Gasteiger partial charge in [0.2, 0.25) is 0 Å². The Balaban J connectivity index is 1.37. The van der Waals surface area contributed by atoms with E-state index in [2.05, 4.69) is 34.0 Å². The Morgan fingerprint density at radius 3 is 2.54 bits per heavy atom. The third kappa shape index (κ3) is 3.24. The van der Waals surface area contributed by atoms with Gasteiger partial charge >= 0.3 is 0 Å². The molecule has 5 rings (SSSR count). The number of hydrogen-bond donors (Lipinski definition) is 1. The lowest BCUT2D eigenvalue weighted by molar-refractivity contribution is 0.177. The number of hydrogen-bond acceptors (Lipinski definition) is 6. The fraction of sp³-hybridized carbons (Fsp3) is 0.455. The molecule has 3 atom stereocenters. The van der Waals surface area contributed by atoms with Crippen molar-refractivity contribution in [1.82, 2.24) is 20.2 Å². The molecule has 6 heteroatoms. The maximum Gasteiger partial charge on any atom is 0.185 e. The number of nitrogens with zero attached hydrogens (tertiary/aromatic N) is 4. The van der Waals surface area contributed by atoms with Gasteiger partial charge < -0.3 is 5.11 Å². The van der Waals surface area contributed by atoms with Crippen LogP contribution in [0.3, 0.4) is 0 Å². The summed E-state index contributed by atoms with van der Waals surface area (Å²) in [5.41, 5.74) is 1.56. The van der Waals surface area contributed by atoms with Crippen molar-refractivity contribution in [2.75, 3.05) is 0 Å². The summed E-state index contributed by atoms with van der Waals surface area (Å²) in [5.74, 6) is 0.593. The lowest BCUT2D eigenvalue weighted by Gasteiger charge is -2.39. The second-order valence-electron chi connectivity index (χ2n) is 9.16. The minimum atomic E-state index is 0.146. The van der Waals surface area contributed by atoms with Gasteiger partial charge in [-0.05, 0) is 66.5 Å². The quantitative estimate of drug-likeness (QED) is 0.657. The van der Waals surface area contributed by atoms with E-state index in [1.807, 2.05) is 23.9 Å². The second kappa shape index (κ2) is 6.41. The average Bonchev–Trinajstić information content (AvgIpc) is 2.89. The van der Waals surface area contributed by atoms with Gasteiger partial charge in [0, 0.05) is 23.0 Å². The van der Waals surface area contributed by atoms with Crippen molar-refractivity contribution in [2.24, 2.45) is 10.8 Å². The largest absolute Gasteiger partial charge is 0.507 e. The molecule has 2 bridgehead atoms. The monoisotopic (exact) mass is 392 g/mol. The third-order valence-corrected chi connectivity index (χ3v) is 7.55. The SMILES string of the molecule is C[C@]12CC[C@](C)(CC(Sc3cnc(-c4cc5ccncc5cc4O)nn3)C1)C2. The van der Waals surface area contributed by atoms with Crippen LogP contribution in [0.4, 0.5) is 0 Å². The summed E-state index contributed by atoms with van der Waals surface area (Å²) < 4.78 is 0. The summed E-state index contributed by atoms with van der Waals surface area (Å²) in [6, 6.07) is 5.49. The topological polar surface area (TPSA) is 71.8 Å². The molecule has 1 N–H and O–H groups in total. The van der Waals surface area contributed by atoms with Crippen molar-refractivity contribution < 1.29 is 5.11 Å². The van der Waals surface area contributed by atoms with Crippen molar-refractivity contribution in [3.63, 3.8) is 0 Å². The molecule has 0 radical (unpaired) electrons. The number of phenols is 1. The Bertz CT molecular complexity index is 1020. The minimum absolute atomic E-state index is 0.146. The fourth-order valence-corrected chi connectivity index (χ4v) is 6.84. The number of phenolic OH excluding ortho intramolecular Hbond substituents is 1. The molecule has 2 aromatic heterocycles. The van der Waals surface area contributed by atoms with Gasteiger partial charge in [-0.25, -0.2) is 4.98 Å². The number of benzene rings is 1. The van der Waals surface area contributed by atoms with Crippen molar-refractivity contribution in [1.29, 1.82) is 0 Å². The number of aromatic nitrogens is 4. The lowest BCUT2D eigenvalue weighted by atomic mass is 9.71. The highest BCUT2D eigenvalue weighted by molar-refractivity contribution is 7.99. The summed E-state index contributed by atoms with van der Waals surface area (Å²) in [6.45, 7) is 4.88. The Morgan fingerprint density at radius 2 is 1.82 bits per heavy atom. The Morgan fingerprint density at radius 1 is 1.04 bits per heavy atom. The van der Waals surface area contributed by atoms with E-state index in [9.17, 15) is 5.11 Å². The van der Waals surface area contributed by atoms with E-state index in [1.54, 1.807) is 24.7 Å². The molecule has 2 aliphatic carbocycles. The van der Waals surface area contributed by atoms with Crippen LogP contribution in [0.25, 0.3) is 22.2 Å². The normalized spacial score (nSPS) is 29.3. The summed E-state index contributed by atoms with van der Waals surface area (Å²) in [4.78, 5) is 8.59. The Kier molecular flexibility index (Phi) is 4.09. The predicted molar refractivity (Wildman–Crippen MR) is 111 cm³/mol. The number of pyridine rings is 1. The fourth-order valence-electron chi connectivity index (χ4n) is 5.33. The molecule has 144 valence electrons. The summed E-state index contributed by atoms with van der Waals surface area (Å²) in [7, 11) is 0. The highest BCUT2D eigenvalue weighted by atomic mass is 32.2. The molecule has 2 fully saturated rings. The zero-order valence-electron chi connectivity index (χ0n) is 16.2. The van der Waals surface area contributed by atoms with Crippen molar-refractivity contribution in [3.8, 4) is 17.1 Å². The van der Waals surface area contributed by atoms with Gasteiger partial charge in [-0.1, -0.05) is 25.6 Å². The van der Waals surface area contributed by atoms with E-state index >= 15 is 0 Å². The molecular weight excluding hydrogens is 368 g/mol. The molecule has 0 saturated heterocycles. The minimum Gasteiger partial charge on any atom is -0.507 e. The van der Waals surface area contributed by atoms with E-state index in [4.69, 9.17) is 0 Å². The van der Waals surface area contributed by atoms with Crippen LogP contribution in [0.1, 0.15) is 46.0 Å². The van der Waals surface area contributed by atoms with E-state index in [0.717, 1.165) is 15.8 Å². The summed E-state index contributed by atoms with van der Waals surface area (Å²) in [6.07, 6.45) is 11.8. The van der Waals surface area contributed by atoms with Gasteiger partial charge in [-0.3, -0.25) is 4.98 Å². The molecule has 0 spiro atoms. The van der Waals surface area contributed by atoms with Gasteiger partial charge in [-0.2, -0.15) is 0 Å². The van der Waals surface area contributed by atoms with E-state index in [-0.39, 0.29) is 5.75 Å². The zero-order valence-corrected chi connectivity index (χ0v) is 17.0. The second-order valence-corrected chi connectivity index (χ2v) is 10.5. The van der Waals surface area contributed by atoms with Crippen LogP contribution in [0.5, 0.6) is 5.75 Å². The molecule has 1 aromatic carbocycles. The first-order chi connectivity index (χ1) is 13.4. The maximum atomic E-state index is 10.4. The molecule has 0 aliphatic heterocycles. The predicted octanol–water partition coefficient (Wildman–Crippen LogP) is 5.24. The molecule has 2 heterocycles. The Hall–Kier alpha value is -2.21. The molecule has 1 unspecified atom stereocenters. The van der Waals surface area contributed by atoms with Gasteiger partial charge in [0.05, 0.1) is 11.8 Å². The van der Waals surface area contributed by atoms with Crippen LogP contribution in [0.2, 0.25) is 0 Å². The molecule has 28 heavy (non-hydrogen) atoms. The van der Waals surface area contributed by atoms with Gasteiger partial charge in [0.1, 0.15) is 10.8 Å². The highest BCUT2D eigenvalue weighted by Crippen LogP contribution is 2.60. The van der Waals surface area contributed by atoms with Crippen molar-refractivity contribution in [3.05, 3.63) is 36.8 Å². The van der Waals surface area contributed by atoms with Crippen LogP contribution in [0.15, 0.2) is 41.8 Å². The average molecular weight is 393 g/mol. The molecule has 5 nitrogen and oxygen atoms in total. The van der Waals surface area contributed by atoms with Gasteiger partial charge in [0.25, 0.3) is 0 Å². The number of aromatic hydroxyl groups is 1. The molecule has 0 amide bonds. The standard InChI is InChI=1S/C22H24N4OS/c1-21-4-5-22(2,13-21)10-16(9-21)28-19-12-24-20(26-25-19)17-7-14-3-6-23-11-15(14)8-18(17)27/h3,6-8,11-12,16,27H,4-5,9-10,13H2,1-2H3/t16?,21-,22+. The smallest absolute Gasteiger partial charge is 0.185 e. The van der Waals surface area contributed by atoms with Crippen LogP contribution >= 0.6 is 11.8 Å². The van der Waals surface area contributed by atoms with E-state index < -0.39 is 0 Å². The first-order valence-corrected chi connectivity index (χ1v) is 10.7. The third-order valence-electron chi connectivity index (χ3n) is 6.45. The first-order valence-electron chi connectivity index (χ1n) is 9.85. The van der Waals surface area contributed by atoms with Crippen LogP contribution in [0, 0.1) is 10.8 Å². The molecule has 3 aromatic rings. The Labute approximate surface area is 169 Å². The van der Waals surface area contributed by atoms with Gasteiger partial charge in [-0.15, -0.1) is 10.2 Å². The maximum absolute atomic E-state index is 10.4. The summed E-state index contributed by atoms with van der Waals surface area (Å²) >= 11 is 1.81. The highest BCUT2D eigenvalue weighted by Gasteiger charge is 2.49. The molecule has 2 saturated carbocycles. The number of thioether (sulfide) groups is 1. The van der Waals surface area contributed by atoms with Crippen molar-refractivity contribution in [2.45, 2.75) is 56.2 Å². The molecule has 2 aliphatic rings. The van der Waals surface area contributed by atoms with Crippen molar-refractivity contribution >= 4 is 22.5 Å². The zero-order chi connectivity index (χ0) is 19.4.